The van der Waals surface area contributed by atoms with Gasteiger partial charge in [-0.1, -0.05) is 12.2 Å². The predicted octanol–water partition coefficient (Wildman–Crippen LogP) is 2.36. The summed E-state index contributed by atoms with van der Waals surface area (Å²) in [5, 5.41) is 3.37. The summed E-state index contributed by atoms with van der Waals surface area (Å²) in [5.74, 6) is -0.320. The molecule has 1 aromatic rings. The van der Waals surface area contributed by atoms with Crippen LogP contribution < -0.4 is 11.1 Å². The van der Waals surface area contributed by atoms with E-state index in [2.05, 4.69) is 24.3 Å². The van der Waals surface area contributed by atoms with E-state index in [9.17, 15) is 4.39 Å². The quantitative estimate of drug-likeness (QED) is 0.813. The summed E-state index contributed by atoms with van der Waals surface area (Å²) in [7, 11) is 4.19. The van der Waals surface area contributed by atoms with Crippen LogP contribution >= 0.6 is 12.2 Å². The average Bonchev–Trinajstić information content (AvgIpc) is 2.28. The molecule has 0 atom stereocenters. The lowest BCUT2D eigenvalue weighted by Crippen LogP contribution is -2.54. The Kier molecular flexibility index (Phi) is 4.06. The number of anilines is 1. The number of thiocarbonyl (C=S) groups is 1. The molecule has 0 amide bonds. The molecule has 0 bridgehead atoms. The monoisotopic (exact) mass is 281 g/mol. The molecule has 3 nitrogen and oxygen atoms in total. The van der Waals surface area contributed by atoms with Crippen LogP contribution in [0.4, 0.5) is 10.1 Å². The Balaban J connectivity index is 2.13. The first-order valence-electron chi connectivity index (χ1n) is 6.45. The van der Waals surface area contributed by atoms with E-state index in [4.69, 9.17) is 18.0 Å². The van der Waals surface area contributed by atoms with Gasteiger partial charge in [-0.05, 0) is 51.6 Å². The SMILES string of the molecule is CN(C)C1(CNc2ccc(F)cc2C(N)=S)CCC1. The van der Waals surface area contributed by atoms with Crippen molar-refractivity contribution >= 4 is 22.9 Å². The number of hydrogen-bond donors (Lipinski definition) is 2. The topological polar surface area (TPSA) is 41.3 Å². The fraction of sp³-hybridized carbons (Fsp3) is 0.500. The molecular weight excluding hydrogens is 261 g/mol. The number of benzene rings is 1. The molecule has 1 aliphatic carbocycles. The summed E-state index contributed by atoms with van der Waals surface area (Å²) in [6, 6.07) is 4.51. The molecule has 0 heterocycles. The number of nitrogens with one attached hydrogen (secondary N) is 1. The number of nitrogens with zero attached hydrogens (tertiary/aromatic N) is 1. The lowest BCUT2D eigenvalue weighted by molar-refractivity contribution is 0.0739. The van der Waals surface area contributed by atoms with Crippen molar-refractivity contribution in [2.75, 3.05) is 26.0 Å². The average molecular weight is 281 g/mol. The van der Waals surface area contributed by atoms with Gasteiger partial charge >= 0.3 is 0 Å². The minimum atomic E-state index is -0.320. The van der Waals surface area contributed by atoms with Gasteiger partial charge in [-0.15, -0.1) is 0 Å². The van der Waals surface area contributed by atoms with E-state index >= 15 is 0 Å². The van der Waals surface area contributed by atoms with E-state index < -0.39 is 0 Å². The Morgan fingerprint density at radius 1 is 1.47 bits per heavy atom. The summed E-state index contributed by atoms with van der Waals surface area (Å²) >= 11 is 4.97. The van der Waals surface area contributed by atoms with Crippen LogP contribution in [-0.4, -0.2) is 36.1 Å². The van der Waals surface area contributed by atoms with Crippen LogP contribution in [0.1, 0.15) is 24.8 Å². The standard InChI is InChI=1S/C14H20FN3S/c1-18(2)14(6-3-7-14)9-17-12-5-4-10(15)8-11(12)13(16)19/h4-5,8,17H,3,6-7,9H2,1-2H3,(H2,16,19). The van der Waals surface area contributed by atoms with Crippen molar-refractivity contribution in [3.05, 3.63) is 29.6 Å². The first-order valence-corrected chi connectivity index (χ1v) is 6.86. The molecule has 104 valence electrons. The highest BCUT2D eigenvalue weighted by molar-refractivity contribution is 7.80. The molecule has 0 aromatic heterocycles. The zero-order valence-electron chi connectivity index (χ0n) is 11.4. The number of nitrogens with two attached hydrogens (primary N) is 1. The molecule has 0 unspecified atom stereocenters. The lowest BCUT2D eigenvalue weighted by Gasteiger charge is -2.47. The molecule has 19 heavy (non-hydrogen) atoms. The second-order valence-electron chi connectivity index (χ2n) is 5.38. The van der Waals surface area contributed by atoms with Crippen molar-refractivity contribution in [2.45, 2.75) is 24.8 Å². The van der Waals surface area contributed by atoms with Gasteiger partial charge in [0.25, 0.3) is 0 Å². The van der Waals surface area contributed by atoms with Gasteiger partial charge in [-0.25, -0.2) is 4.39 Å². The predicted molar refractivity (Wildman–Crippen MR) is 81.0 cm³/mol. The zero-order chi connectivity index (χ0) is 14.0. The molecule has 0 saturated heterocycles. The van der Waals surface area contributed by atoms with Crippen LogP contribution in [0.5, 0.6) is 0 Å². The Labute approximate surface area is 119 Å². The molecular formula is C14H20FN3S. The molecule has 0 radical (unpaired) electrons. The van der Waals surface area contributed by atoms with Crippen LogP contribution in [0.15, 0.2) is 18.2 Å². The summed E-state index contributed by atoms with van der Waals surface area (Å²) in [4.78, 5) is 2.47. The smallest absolute Gasteiger partial charge is 0.124 e. The first kappa shape index (κ1) is 14.2. The molecule has 5 heteroatoms. The van der Waals surface area contributed by atoms with Crippen LogP contribution in [0.25, 0.3) is 0 Å². The Bertz CT molecular complexity index is 484. The first-order chi connectivity index (χ1) is 8.94. The molecule has 1 aliphatic rings. The summed E-state index contributed by atoms with van der Waals surface area (Å²) < 4.78 is 13.2. The van der Waals surface area contributed by atoms with Crippen molar-refractivity contribution in [3.63, 3.8) is 0 Å². The van der Waals surface area contributed by atoms with Crippen molar-refractivity contribution in [2.24, 2.45) is 5.73 Å². The molecule has 0 aliphatic heterocycles. The Morgan fingerprint density at radius 2 is 2.16 bits per heavy atom. The van der Waals surface area contributed by atoms with Gasteiger partial charge in [0.05, 0.1) is 0 Å². The van der Waals surface area contributed by atoms with E-state index in [1.54, 1.807) is 6.07 Å². The number of hydrogen-bond acceptors (Lipinski definition) is 3. The van der Waals surface area contributed by atoms with E-state index in [0.29, 0.717) is 5.56 Å². The van der Waals surface area contributed by atoms with Crippen molar-refractivity contribution in [1.82, 2.24) is 4.90 Å². The van der Waals surface area contributed by atoms with E-state index in [-0.39, 0.29) is 16.3 Å². The third-order valence-corrected chi connectivity index (χ3v) is 4.31. The molecule has 0 spiro atoms. The fourth-order valence-electron chi connectivity index (χ4n) is 2.50. The zero-order valence-corrected chi connectivity index (χ0v) is 12.2. The highest BCUT2D eigenvalue weighted by atomic mass is 32.1. The molecule has 1 aromatic carbocycles. The number of halogens is 1. The van der Waals surface area contributed by atoms with Gasteiger partial charge in [-0.3, -0.25) is 0 Å². The third-order valence-electron chi connectivity index (χ3n) is 4.09. The maximum Gasteiger partial charge on any atom is 0.124 e. The van der Waals surface area contributed by atoms with Gasteiger partial charge in [0.2, 0.25) is 0 Å². The minimum absolute atomic E-state index is 0.196. The van der Waals surface area contributed by atoms with Gasteiger partial charge in [0, 0.05) is 23.3 Å². The largest absolute Gasteiger partial charge is 0.389 e. The molecule has 3 N–H and O–H groups in total. The van der Waals surface area contributed by atoms with E-state index in [0.717, 1.165) is 12.2 Å². The van der Waals surface area contributed by atoms with Crippen LogP contribution in [0.3, 0.4) is 0 Å². The van der Waals surface area contributed by atoms with Gasteiger partial charge < -0.3 is 16.0 Å². The number of rotatable bonds is 5. The molecule has 2 rings (SSSR count). The summed E-state index contributed by atoms with van der Waals surface area (Å²) in [6.45, 7) is 0.821. The number of likely N-dealkylation sites (N-methyl/N-ethyl adjacent to an activating group) is 1. The van der Waals surface area contributed by atoms with Crippen LogP contribution in [0.2, 0.25) is 0 Å². The van der Waals surface area contributed by atoms with Crippen LogP contribution in [-0.2, 0) is 0 Å². The maximum absolute atomic E-state index is 13.2. The fourth-order valence-corrected chi connectivity index (χ4v) is 2.67. The van der Waals surface area contributed by atoms with Crippen LogP contribution in [0, 0.1) is 5.82 Å². The minimum Gasteiger partial charge on any atom is -0.389 e. The van der Waals surface area contributed by atoms with E-state index in [1.807, 2.05) is 0 Å². The Morgan fingerprint density at radius 3 is 2.63 bits per heavy atom. The van der Waals surface area contributed by atoms with Crippen molar-refractivity contribution in [3.8, 4) is 0 Å². The Hall–Kier alpha value is -1.20. The van der Waals surface area contributed by atoms with Crippen molar-refractivity contribution < 1.29 is 4.39 Å². The van der Waals surface area contributed by atoms with Gasteiger partial charge in [0.15, 0.2) is 0 Å². The second kappa shape index (κ2) is 5.43. The van der Waals surface area contributed by atoms with E-state index in [1.165, 1.54) is 31.4 Å². The highest BCUT2D eigenvalue weighted by Gasteiger charge is 2.38. The molecule has 1 saturated carbocycles. The summed E-state index contributed by atoms with van der Waals surface area (Å²) in [5.41, 5.74) is 7.22. The molecule has 1 fully saturated rings. The highest BCUT2D eigenvalue weighted by Crippen LogP contribution is 2.36. The third kappa shape index (κ3) is 2.87. The summed E-state index contributed by atoms with van der Waals surface area (Å²) in [6.07, 6.45) is 3.61. The lowest BCUT2D eigenvalue weighted by atomic mass is 9.75. The van der Waals surface area contributed by atoms with Gasteiger partial charge in [0.1, 0.15) is 10.8 Å². The second-order valence-corrected chi connectivity index (χ2v) is 5.82. The van der Waals surface area contributed by atoms with Gasteiger partial charge in [-0.2, -0.15) is 0 Å². The maximum atomic E-state index is 13.2. The van der Waals surface area contributed by atoms with Crippen molar-refractivity contribution in [1.29, 1.82) is 0 Å². The normalized spacial score (nSPS) is 17.1.